The summed E-state index contributed by atoms with van der Waals surface area (Å²) in [7, 11) is 3.48. The van der Waals surface area contributed by atoms with Crippen molar-refractivity contribution < 1.29 is 9.47 Å². The maximum absolute atomic E-state index is 5.70. The largest absolute Gasteiger partial charge is 0.496 e. The van der Waals surface area contributed by atoms with Gasteiger partial charge < -0.3 is 9.47 Å². The van der Waals surface area contributed by atoms with Crippen molar-refractivity contribution in [2.24, 2.45) is 11.8 Å². The fraction of sp³-hybridized carbons (Fsp3) is 0.533. The Bertz CT molecular complexity index is 1170. The molecule has 2 unspecified atom stereocenters. The van der Waals surface area contributed by atoms with Crippen LogP contribution >= 0.6 is 35.2 Å². The molecular weight excluding hydrogens is 551 g/mol. The second-order valence-corrected chi connectivity index (χ2v) is 12.2. The molecule has 186 valence electrons. The first kappa shape index (κ1) is 27.4. The topological polar surface area (TPSA) is 18.5 Å². The van der Waals surface area contributed by atoms with Crippen LogP contribution in [0.2, 0.25) is 0 Å². The van der Waals surface area contributed by atoms with Crippen LogP contribution in [0.1, 0.15) is 70.6 Å². The number of hydrogen-bond donors (Lipinski definition) is 1. The van der Waals surface area contributed by atoms with Gasteiger partial charge >= 0.3 is 0 Å². The molecule has 3 aromatic carbocycles. The Morgan fingerprint density at radius 2 is 1.53 bits per heavy atom. The van der Waals surface area contributed by atoms with E-state index in [4.69, 9.17) is 22.1 Å². The second kappa shape index (κ2) is 11.3. The van der Waals surface area contributed by atoms with Gasteiger partial charge in [-0.2, -0.15) is 0 Å². The number of halogens is 1. The number of rotatable bonds is 5. The Balaban J connectivity index is 0.00000158. The lowest BCUT2D eigenvalue weighted by atomic mass is 9.70. The Morgan fingerprint density at radius 1 is 0.941 bits per heavy atom. The minimum atomic E-state index is 0.276. The third kappa shape index (κ3) is 4.91. The van der Waals surface area contributed by atoms with Crippen molar-refractivity contribution in [2.75, 3.05) is 14.2 Å². The van der Waals surface area contributed by atoms with E-state index in [0.29, 0.717) is 5.92 Å². The highest BCUT2D eigenvalue weighted by atomic mass is 127. The number of aryl methyl sites for hydroxylation is 2. The molecule has 4 heteroatoms. The van der Waals surface area contributed by atoms with Crippen molar-refractivity contribution in [1.29, 1.82) is 0 Å². The van der Waals surface area contributed by atoms with E-state index < -0.39 is 0 Å². The van der Waals surface area contributed by atoms with Crippen molar-refractivity contribution in [3.05, 3.63) is 41.0 Å². The van der Waals surface area contributed by atoms with Gasteiger partial charge in [-0.15, -0.1) is 12.6 Å². The average molecular weight is 593 g/mol. The second-order valence-electron chi connectivity index (χ2n) is 9.62. The van der Waals surface area contributed by atoms with Crippen LogP contribution in [0.25, 0.3) is 21.5 Å². The summed E-state index contributed by atoms with van der Waals surface area (Å²) in [6.45, 7) is 13.3. The van der Waals surface area contributed by atoms with Gasteiger partial charge in [0.25, 0.3) is 0 Å². The van der Waals surface area contributed by atoms with E-state index in [0.717, 1.165) is 35.2 Å². The van der Waals surface area contributed by atoms with E-state index in [1.165, 1.54) is 57.5 Å². The zero-order valence-corrected chi connectivity index (χ0v) is 25.2. The molecule has 0 N–H and O–H groups in total. The summed E-state index contributed by atoms with van der Waals surface area (Å²) < 4.78 is 11.6. The number of fused-ring (bicyclic) bond motifs is 3. The molecule has 3 atom stereocenters. The van der Waals surface area contributed by atoms with Gasteiger partial charge in [0.05, 0.1) is 14.2 Å². The lowest BCUT2D eigenvalue weighted by Gasteiger charge is -2.42. The Hall–Kier alpha value is -1.14. The van der Waals surface area contributed by atoms with Crippen molar-refractivity contribution in [2.45, 2.75) is 82.0 Å². The van der Waals surface area contributed by atoms with Crippen LogP contribution in [-0.2, 0) is 12.8 Å². The van der Waals surface area contributed by atoms with E-state index in [-0.39, 0.29) is 3.42 Å². The normalized spacial score (nSPS) is 22.4. The standard InChI is InChI=1S/C28H35IO2S.C2H6/c1-7-19-20-11-17(3)25(30-5)12-21(20)22-13-26(31-6)27(32)14-23(22)24(19)15-28(29)10-8-9-16(2)18(28)4;1-2/h11-14,16,18,32H,7-10,15H2,1-6H3;1-2H3/t16?,18?,28-;/m1./s1. The molecular formula is C30H41IO2S. The summed E-state index contributed by atoms with van der Waals surface area (Å²) in [6, 6.07) is 8.93. The van der Waals surface area contributed by atoms with Crippen molar-refractivity contribution in [1.82, 2.24) is 0 Å². The molecule has 0 aliphatic heterocycles. The van der Waals surface area contributed by atoms with Gasteiger partial charge in [0, 0.05) is 8.32 Å². The molecule has 34 heavy (non-hydrogen) atoms. The summed E-state index contributed by atoms with van der Waals surface area (Å²) in [4.78, 5) is 0.897. The zero-order valence-electron chi connectivity index (χ0n) is 22.1. The van der Waals surface area contributed by atoms with Gasteiger partial charge in [0.15, 0.2) is 0 Å². The molecule has 1 aliphatic rings. The first-order valence-corrected chi connectivity index (χ1v) is 14.3. The summed E-state index contributed by atoms with van der Waals surface area (Å²) >= 11 is 7.58. The molecule has 0 radical (unpaired) electrons. The van der Waals surface area contributed by atoms with Crippen LogP contribution in [0.15, 0.2) is 29.2 Å². The molecule has 0 saturated heterocycles. The van der Waals surface area contributed by atoms with E-state index in [9.17, 15) is 0 Å². The predicted octanol–water partition coefficient (Wildman–Crippen LogP) is 9.37. The van der Waals surface area contributed by atoms with Gasteiger partial charge in [0.1, 0.15) is 11.5 Å². The van der Waals surface area contributed by atoms with Crippen molar-refractivity contribution in [3.8, 4) is 11.5 Å². The Morgan fingerprint density at radius 3 is 2.12 bits per heavy atom. The maximum Gasteiger partial charge on any atom is 0.132 e. The molecule has 1 saturated carbocycles. The number of thiol groups is 1. The number of alkyl halides is 1. The van der Waals surface area contributed by atoms with Crippen molar-refractivity contribution in [3.63, 3.8) is 0 Å². The van der Waals surface area contributed by atoms with Gasteiger partial charge in [-0.1, -0.05) is 70.1 Å². The molecule has 0 heterocycles. The highest BCUT2D eigenvalue weighted by Crippen LogP contribution is 2.49. The van der Waals surface area contributed by atoms with Gasteiger partial charge in [-0.25, -0.2) is 0 Å². The fourth-order valence-corrected chi connectivity index (χ4v) is 7.43. The van der Waals surface area contributed by atoms with Crippen LogP contribution in [0.3, 0.4) is 0 Å². The molecule has 0 amide bonds. The third-order valence-corrected chi connectivity index (χ3v) is 10.2. The molecule has 0 bridgehead atoms. The quantitative estimate of drug-likeness (QED) is 0.138. The molecule has 3 aromatic rings. The Kier molecular flexibility index (Phi) is 9.11. The zero-order chi connectivity index (χ0) is 25.2. The minimum Gasteiger partial charge on any atom is -0.496 e. The molecule has 1 fully saturated rings. The molecule has 0 aromatic heterocycles. The SMILES string of the molecule is CC.CCc1c(C[C@]2(I)CCCC(C)C2C)c2cc(S)c(OC)cc2c2cc(OC)c(C)cc12. The van der Waals surface area contributed by atoms with Crippen LogP contribution in [0, 0.1) is 18.8 Å². The van der Waals surface area contributed by atoms with E-state index in [1.807, 2.05) is 13.8 Å². The van der Waals surface area contributed by atoms with E-state index >= 15 is 0 Å². The lowest BCUT2D eigenvalue weighted by molar-refractivity contribution is 0.223. The van der Waals surface area contributed by atoms with Gasteiger partial charge in [0.2, 0.25) is 0 Å². The van der Waals surface area contributed by atoms with Crippen LogP contribution in [0.5, 0.6) is 11.5 Å². The number of benzene rings is 3. The molecule has 0 spiro atoms. The number of methoxy groups -OCH3 is 2. The monoisotopic (exact) mass is 592 g/mol. The Labute approximate surface area is 225 Å². The summed E-state index contributed by atoms with van der Waals surface area (Å²) in [6.07, 6.45) is 6.07. The fourth-order valence-electron chi connectivity index (χ4n) is 5.76. The van der Waals surface area contributed by atoms with E-state index in [1.54, 1.807) is 14.2 Å². The first-order chi connectivity index (χ1) is 16.2. The van der Waals surface area contributed by atoms with Gasteiger partial charge in [-0.3, -0.25) is 0 Å². The summed E-state index contributed by atoms with van der Waals surface area (Å²) in [5.74, 6) is 3.21. The number of hydrogen-bond acceptors (Lipinski definition) is 3. The van der Waals surface area contributed by atoms with Gasteiger partial charge in [-0.05, 0) is 101 Å². The number of ether oxygens (including phenoxy) is 2. The van der Waals surface area contributed by atoms with Crippen LogP contribution in [-0.4, -0.2) is 17.6 Å². The first-order valence-electron chi connectivity index (χ1n) is 12.8. The highest BCUT2D eigenvalue weighted by Gasteiger charge is 2.40. The van der Waals surface area contributed by atoms with Crippen molar-refractivity contribution >= 4 is 56.8 Å². The third-order valence-electron chi connectivity index (χ3n) is 7.90. The lowest BCUT2D eigenvalue weighted by Crippen LogP contribution is -2.39. The average Bonchev–Trinajstić information content (AvgIpc) is 2.83. The molecule has 2 nitrogen and oxygen atoms in total. The minimum absolute atomic E-state index is 0.276. The molecule has 4 rings (SSSR count). The predicted molar refractivity (Wildman–Crippen MR) is 160 cm³/mol. The van der Waals surface area contributed by atoms with E-state index in [2.05, 4.69) is 74.6 Å². The maximum atomic E-state index is 5.70. The highest BCUT2D eigenvalue weighted by molar-refractivity contribution is 14.1. The molecule has 1 aliphatic carbocycles. The van der Waals surface area contributed by atoms with Crippen LogP contribution in [0.4, 0.5) is 0 Å². The smallest absolute Gasteiger partial charge is 0.132 e. The van der Waals surface area contributed by atoms with Crippen LogP contribution < -0.4 is 9.47 Å². The summed E-state index contributed by atoms with van der Waals surface area (Å²) in [5.41, 5.74) is 4.15. The summed E-state index contributed by atoms with van der Waals surface area (Å²) in [5, 5.41) is 5.13.